The molecule has 0 aromatic rings. The van der Waals surface area contributed by atoms with Crippen molar-refractivity contribution in [1.82, 2.24) is 0 Å². The predicted octanol–water partition coefficient (Wildman–Crippen LogP) is 18.4. The molecule has 0 N–H and O–H groups in total. The summed E-state index contributed by atoms with van der Waals surface area (Å²) in [6, 6.07) is 0. The molecule has 6 nitrogen and oxygen atoms in total. The van der Waals surface area contributed by atoms with Crippen molar-refractivity contribution < 1.29 is 28.6 Å². The maximum Gasteiger partial charge on any atom is 0.306 e. The number of hydrogen-bond donors (Lipinski definition) is 0. The molecule has 0 heterocycles. The van der Waals surface area contributed by atoms with Gasteiger partial charge in [-0.1, -0.05) is 218 Å². The van der Waals surface area contributed by atoms with Crippen LogP contribution in [-0.2, 0) is 28.6 Å². The molecule has 0 aliphatic carbocycles. The fourth-order valence-electron chi connectivity index (χ4n) is 6.87. The first-order valence-corrected chi connectivity index (χ1v) is 27.4. The van der Waals surface area contributed by atoms with Crippen LogP contribution in [0.3, 0.4) is 0 Å². The van der Waals surface area contributed by atoms with Gasteiger partial charge in [0.1, 0.15) is 13.2 Å². The van der Waals surface area contributed by atoms with Gasteiger partial charge in [0.15, 0.2) is 6.10 Å². The molecule has 0 spiro atoms. The standard InChI is InChI=1S/C63H98O6/c1-4-7-10-13-16-19-22-25-27-29-31-33-35-38-41-44-47-50-53-56-62(65)68-59-60(58-67-61(64)55-52-49-46-43-40-37-24-21-18-15-12-9-6-3)69-63(66)57-54-51-48-45-42-39-36-34-32-30-28-26-23-20-17-14-11-8-5-2/h7-12,15-21,24-28,31-34,38,41,60H,4-6,13-14,22-23,29-30,35-37,39-40,42-59H2,1-3H3/b10-7-,11-8-,12-9-,18-15-,19-16-,20-17-,24-21-,27-25-,28-26-,33-31-,34-32-,41-38-. The van der Waals surface area contributed by atoms with Crippen molar-refractivity contribution in [3.63, 3.8) is 0 Å². The van der Waals surface area contributed by atoms with Gasteiger partial charge in [-0.15, -0.1) is 0 Å². The van der Waals surface area contributed by atoms with E-state index < -0.39 is 6.10 Å². The zero-order valence-corrected chi connectivity index (χ0v) is 44.0. The maximum absolute atomic E-state index is 12.8. The normalized spacial score (nSPS) is 13.3. The Morgan fingerprint density at radius 1 is 0.304 bits per heavy atom. The molecule has 69 heavy (non-hydrogen) atoms. The summed E-state index contributed by atoms with van der Waals surface area (Å²) in [4.78, 5) is 38.1. The van der Waals surface area contributed by atoms with Gasteiger partial charge in [-0.25, -0.2) is 0 Å². The molecular formula is C63H98O6. The molecule has 0 saturated carbocycles. The topological polar surface area (TPSA) is 78.9 Å². The molecule has 386 valence electrons. The molecule has 1 unspecified atom stereocenters. The molecule has 0 rings (SSSR count). The molecule has 0 saturated heterocycles. The second-order valence-electron chi connectivity index (χ2n) is 17.4. The van der Waals surface area contributed by atoms with E-state index in [2.05, 4.69) is 167 Å². The number of unbranched alkanes of at least 4 members (excludes halogenated alkanes) is 14. The molecule has 0 amide bonds. The van der Waals surface area contributed by atoms with Crippen molar-refractivity contribution in [2.75, 3.05) is 13.2 Å². The van der Waals surface area contributed by atoms with Crippen molar-refractivity contribution in [2.24, 2.45) is 0 Å². The number of rotatable bonds is 47. The third kappa shape index (κ3) is 54.1. The van der Waals surface area contributed by atoms with Crippen LogP contribution in [-0.4, -0.2) is 37.2 Å². The van der Waals surface area contributed by atoms with Gasteiger partial charge >= 0.3 is 17.9 Å². The van der Waals surface area contributed by atoms with Crippen molar-refractivity contribution in [3.8, 4) is 0 Å². The van der Waals surface area contributed by atoms with Crippen LogP contribution in [0.2, 0.25) is 0 Å². The molecule has 0 aromatic heterocycles. The van der Waals surface area contributed by atoms with E-state index >= 15 is 0 Å². The van der Waals surface area contributed by atoms with Crippen LogP contribution in [0.15, 0.2) is 146 Å². The average Bonchev–Trinajstić information content (AvgIpc) is 3.35. The van der Waals surface area contributed by atoms with E-state index in [-0.39, 0.29) is 31.1 Å². The Kier molecular flexibility index (Phi) is 52.1. The molecular weight excluding hydrogens is 853 g/mol. The van der Waals surface area contributed by atoms with Gasteiger partial charge < -0.3 is 14.2 Å². The van der Waals surface area contributed by atoms with Crippen LogP contribution in [0.5, 0.6) is 0 Å². The average molecular weight is 951 g/mol. The largest absolute Gasteiger partial charge is 0.462 e. The second-order valence-corrected chi connectivity index (χ2v) is 17.4. The second kappa shape index (κ2) is 55.9. The number of hydrogen-bond acceptors (Lipinski definition) is 6. The van der Waals surface area contributed by atoms with Crippen LogP contribution in [0, 0.1) is 0 Å². The van der Waals surface area contributed by atoms with E-state index in [9.17, 15) is 14.4 Å². The number of esters is 3. The molecule has 0 aliphatic heterocycles. The maximum atomic E-state index is 12.8. The van der Waals surface area contributed by atoms with Gasteiger partial charge in [0, 0.05) is 19.3 Å². The third-order valence-corrected chi connectivity index (χ3v) is 10.9. The zero-order valence-electron chi connectivity index (χ0n) is 44.0. The van der Waals surface area contributed by atoms with Crippen LogP contribution in [0.1, 0.15) is 213 Å². The lowest BCUT2D eigenvalue weighted by Gasteiger charge is -2.18. The Morgan fingerprint density at radius 2 is 0.594 bits per heavy atom. The molecule has 0 radical (unpaired) electrons. The van der Waals surface area contributed by atoms with Gasteiger partial charge in [0.2, 0.25) is 0 Å². The highest BCUT2D eigenvalue weighted by atomic mass is 16.6. The van der Waals surface area contributed by atoms with Crippen molar-refractivity contribution in [3.05, 3.63) is 146 Å². The molecule has 6 heteroatoms. The Labute approximate surface area is 423 Å². The van der Waals surface area contributed by atoms with Gasteiger partial charge in [0.25, 0.3) is 0 Å². The summed E-state index contributed by atoms with van der Waals surface area (Å²) in [5.41, 5.74) is 0. The van der Waals surface area contributed by atoms with Crippen LogP contribution in [0.25, 0.3) is 0 Å². The first-order valence-electron chi connectivity index (χ1n) is 27.4. The minimum Gasteiger partial charge on any atom is -0.462 e. The van der Waals surface area contributed by atoms with E-state index in [4.69, 9.17) is 14.2 Å². The fraction of sp³-hybridized carbons (Fsp3) is 0.571. The van der Waals surface area contributed by atoms with Crippen molar-refractivity contribution in [1.29, 1.82) is 0 Å². The first kappa shape index (κ1) is 64.3. The van der Waals surface area contributed by atoms with E-state index in [0.29, 0.717) is 19.3 Å². The number of allylic oxidation sites excluding steroid dienone is 24. The molecule has 0 aromatic carbocycles. The number of ether oxygens (including phenoxy) is 3. The van der Waals surface area contributed by atoms with E-state index in [1.165, 1.54) is 12.8 Å². The Bertz CT molecular complexity index is 1560. The van der Waals surface area contributed by atoms with Crippen LogP contribution in [0.4, 0.5) is 0 Å². The summed E-state index contributed by atoms with van der Waals surface area (Å²) in [5, 5.41) is 0. The molecule has 0 aliphatic rings. The highest BCUT2D eigenvalue weighted by Gasteiger charge is 2.19. The smallest absolute Gasteiger partial charge is 0.306 e. The first-order chi connectivity index (χ1) is 34.0. The number of carbonyl (C=O) groups is 3. The third-order valence-electron chi connectivity index (χ3n) is 10.9. The van der Waals surface area contributed by atoms with E-state index in [0.717, 1.165) is 161 Å². The van der Waals surface area contributed by atoms with Crippen LogP contribution >= 0.6 is 0 Å². The van der Waals surface area contributed by atoms with E-state index in [1.54, 1.807) is 0 Å². The summed E-state index contributed by atoms with van der Waals surface area (Å²) in [6.45, 7) is 6.20. The van der Waals surface area contributed by atoms with E-state index in [1.807, 2.05) is 0 Å². The fourth-order valence-corrected chi connectivity index (χ4v) is 6.87. The SMILES string of the molecule is CC\C=C/C=C\C=C/CCCCCCCC(=O)OCC(COC(=O)CCCCC/C=C\C/C=C\C/C=C\C/C=C\C/C=C\CC)OC(=O)CCCCCCCC/C=C\C/C=C\C/C=C\C/C=C\CC. The van der Waals surface area contributed by atoms with Gasteiger partial charge in [-0.05, 0) is 122 Å². The van der Waals surface area contributed by atoms with Gasteiger partial charge in [0.05, 0.1) is 0 Å². The summed E-state index contributed by atoms with van der Waals surface area (Å²) < 4.78 is 16.8. The van der Waals surface area contributed by atoms with Gasteiger partial charge in [-0.2, -0.15) is 0 Å². The lowest BCUT2D eigenvalue weighted by Crippen LogP contribution is -2.30. The van der Waals surface area contributed by atoms with Crippen molar-refractivity contribution >= 4 is 17.9 Å². The Morgan fingerprint density at radius 3 is 0.986 bits per heavy atom. The highest BCUT2D eigenvalue weighted by molar-refractivity contribution is 5.71. The quantitative estimate of drug-likeness (QED) is 0.0199. The highest BCUT2D eigenvalue weighted by Crippen LogP contribution is 2.13. The summed E-state index contributed by atoms with van der Waals surface area (Å²) in [5.74, 6) is -0.986. The lowest BCUT2D eigenvalue weighted by atomic mass is 10.1. The molecule has 0 fully saturated rings. The monoisotopic (exact) mass is 951 g/mol. The molecule has 1 atom stereocenters. The summed E-state index contributed by atoms with van der Waals surface area (Å²) in [7, 11) is 0. The number of carbonyl (C=O) groups excluding carboxylic acids is 3. The minimum atomic E-state index is -0.815. The Balaban J connectivity index is 4.52. The molecule has 0 bridgehead atoms. The van der Waals surface area contributed by atoms with Crippen LogP contribution < -0.4 is 0 Å². The van der Waals surface area contributed by atoms with Crippen molar-refractivity contribution in [2.45, 2.75) is 219 Å². The summed E-state index contributed by atoms with van der Waals surface area (Å²) in [6.07, 6.45) is 79.7. The Hall–Kier alpha value is -4.71. The minimum absolute atomic E-state index is 0.112. The summed E-state index contributed by atoms with van der Waals surface area (Å²) >= 11 is 0. The zero-order chi connectivity index (χ0) is 50.0. The van der Waals surface area contributed by atoms with Gasteiger partial charge in [-0.3, -0.25) is 14.4 Å². The predicted molar refractivity (Wildman–Crippen MR) is 297 cm³/mol. The lowest BCUT2D eigenvalue weighted by molar-refractivity contribution is -0.167.